The Balaban J connectivity index is 1.79. The first-order valence-corrected chi connectivity index (χ1v) is 9.82. The highest BCUT2D eigenvalue weighted by molar-refractivity contribution is 7.22. The second kappa shape index (κ2) is 9.30. The molecule has 27 heavy (non-hydrogen) atoms. The van der Waals surface area contributed by atoms with E-state index in [0.29, 0.717) is 0 Å². The van der Waals surface area contributed by atoms with Crippen LogP contribution in [-0.4, -0.2) is 30.6 Å². The van der Waals surface area contributed by atoms with Gasteiger partial charge < -0.3 is 16.0 Å². The van der Waals surface area contributed by atoms with Gasteiger partial charge in [0.1, 0.15) is 10.6 Å². The maximum absolute atomic E-state index is 4.77. The molecular formula is C21H25N5S. The van der Waals surface area contributed by atoms with E-state index in [1.807, 2.05) is 32.6 Å². The van der Waals surface area contributed by atoms with E-state index >= 15 is 0 Å². The maximum Gasteiger partial charge on any atom is 0.131 e. The van der Waals surface area contributed by atoms with Gasteiger partial charge in [0.25, 0.3) is 0 Å². The minimum Gasteiger partial charge on any atom is -0.393 e. The highest BCUT2D eigenvalue weighted by atomic mass is 32.1. The number of pyridine rings is 2. The van der Waals surface area contributed by atoms with Crippen molar-refractivity contribution >= 4 is 37.9 Å². The highest BCUT2D eigenvalue weighted by Gasteiger charge is 2.07. The Hall–Kier alpha value is -2.70. The SMILES string of the molecule is C=C/C(=C\NC)c1ccc2cc(Nc3cc(CCCNC)ccn3)sc2n1. The van der Waals surface area contributed by atoms with Gasteiger partial charge in [0.05, 0.1) is 10.7 Å². The lowest BCUT2D eigenvalue weighted by molar-refractivity contribution is 0.724. The van der Waals surface area contributed by atoms with Crippen LogP contribution in [0.5, 0.6) is 0 Å². The number of aryl methyl sites for hydroxylation is 1. The Kier molecular flexibility index (Phi) is 6.57. The first-order valence-electron chi connectivity index (χ1n) is 9.01. The van der Waals surface area contributed by atoms with Gasteiger partial charge in [-0.3, -0.25) is 0 Å². The lowest BCUT2D eigenvalue weighted by Crippen LogP contribution is -2.08. The van der Waals surface area contributed by atoms with E-state index in [0.717, 1.165) is 51.7 Å². The van der Waals surface area contributed by atoms with Crippen molar-refractivity contribution in [3.8, 4) is 0 Å². The Morgan fingerprint density at radius 3 is 2.89 bits per heavy atom. The van der Waals surface area contributed by atoms with E-state index in [9.17, 15) is 0 Å². The molecular weight excluding hydrogens is 354 g/mol. The second-order valence-electron chi connectivity index (χ2n) is 6.18. The topological polar surface area (TPSA) is 61.9 Å². The van der Waals surface area contributed by atoms with Crippen molar-refractivity contribution < 1.29 is 0 Å². The molecule has 3 N–H and O–H groups in total. The molecule has 0 fully saturated rings. The summed E-state index contributed by atoms with van der Waals surface area (Å²) in [5, 5.41) is 11.8. The first-order chi connectivity index (χ1) is 13.2. The zero-order valence-corrected chi connectivity index (χ0v) is 16.6. The smallest absolute Gasteiger partial charge is 0.131 e. The van der Waals surface area contributed by atoms with Gasteiger partial charge in [0, 0.05) is 30.4 Å². The van der Waals surface area contributed by atoms with Crippen LogP contribution in [0.4, 0.5) is 10.8 Å². The van der Waals surface area contributed by atoms with Gasteiger partial charge in [-0.25, -0.2) is 9.97 Å². The molecule has 140 valence electrons. The number of allylic oxidation sites excluding steroid dienone is 2. The van der Waals surface area contributed by atoms with Crippen LogP contribution in [0.2, 0.25) is 0 Å². The van der Waals surface area contributed by atoms with Crippen LogP contribution < -0.4 is 16.0 Å². The average molecular weight is 380 g/mol. The van der Waals surface area contributed by atoms with Crippen molar-refractivity contribution in [2.45, 2.75) is 12.8 Å². The molecule has 0 amide bonds. The van der Waals surface area contributed by atoms with Crippen molar-refractivity contribution in [3.63, 3.8) is 0 Å². The monoisotopic (exact) mass is 379 g/mol. The zero-order valence-electron chi connectivity index (χ0n) is 15.7. The molecule has 5 nitrogen and oxygen atoms in total. The molecule has 0 saturated carbocycles. The van der Waals surface area contributed by atoms with Gasteiger partial charge in [0.2, 0.25) is 0 Å². The molecule has 0 atom stereocenters. The number of nitrogens with one attached hydrogen (secondary N) is 3. The van der Waals surface area contributed by atoms with E-state index < -0.39 is 0 Å². The van der Waals surface area contributed by atoms with E-state index in [4.69, 9.17) is 4.98 Å². The maximum atomic E-state index is 4.77. The fourth-order valence-electron chi connectivity index (χ4n) is 2.83. The van der Waals surface area contributed by atoms with Gasteiger partial charge in [0.15, 0.2) is 0 Å². The van der Waals surface area contributed by atoms with Crippen LogP contribution >= 0.6 is 11.3 Å². The Bertz CT molecular complexity index is 945. The molecule has 0 saturated heterocycles. The molecule has 6 heteroatoms. The lowest BCUT2D eigenvalue weighted by Gasteiger charge is -2.05. The fourth-order valence-corrected chi connectivity index (χ4v) is 3.77. The normalized spacial score (nSPS) is 11.6. The average Bonchev–Trinajstić information content (AvgIpc) is 3.08. The summed E-state index contributed by atoms with van der Waals surface area (Å²) < 4.78 is 0. The first kappa shape index (κ1) is 19.1. The second-order valence-corrected chi connectivity index (χ2v) is 7.21. The van der Waals surface area contributed by atoms with Gasteiger partial charge in [-0.1, -0.05) is 24.0 Å². The Morgan fingerprint density at radius 2 is 2.11 bits per heavy atom. The summed E-state index contributed by atoms with van der Waals surface area (Å²) in [5.41, 5.74) is 3.17. The number of hydrogen-bond donors (Lipinski definition) is 3. The number of thiophene rings is 1. The van der Waals surface area contributed by atoms with Crippen molar-refractivity contribution in [2.24, 2.45) is 0 Å². The summed E-state index contributed by atoms with van der Waals surface area (Å²) in [6, 6.07) is 10.4. The molecule has 0 aliphatic heterocycles. The summed E-state index contributed by atoms with van der Waals surface area (Å²) in [6.45, 7) is 4.88. The molecule has 0 spiro atoms. The number of aromatic nitrogens is 2. The van der Waals surface area contributed by atoms with Gasteiger partial charge in [-0.05, 0) is 62.3 Å². The van der Waals surface area contributed by atoms with Crippen LogP contribution in [0.15, 0.2) is 55.4 Å². The third kappa shape index (κ3) is 4.93. The van der Waals surface area contributed by atoms with Crippen molar-refractivity contribution in [3.05, 3.63) is 66.6 Å². The minimum absolute atomic E-state index is 0.866. The quantitative estimate of drug-likeness (QED) is 0.381. The molecule has 3 aromatic rings. The van der Waals surface area contributed by atoms with Gasteiger partial charge >= 0.3 is 0 Å². The predicted octanol–water partition coefficient (Wildman–Crippen LogP) is 4.33. The molecule has 0 aliphatic carbocycles. The fraction of sp³-hybridized carbons (Fsp3) is 0.238. The number of nitrogens with zero attached hydrogens (tertiary/aromatic N) is 2. The summed E-state index contributed by atoms with van der Waals surface area (Å²) in [7, 11) is 3.85. The number of rotatable bonds is 9. The number of anilines is 2. The van der Waals surface area contributed by atoms with Crippen molar-refractivity contribution in [1.29, 1.82) is 0 Å². The van der Waals surface area contributed by atoms with Crippen LogP contribution in [0.3, 0.4) is 0 Å². The molecule has 3 aromatic heterocycles. The van der Waals surface area contributed by atoms with Gasteiger partial charge in [-0.15, -0.1) is 0 Å². The molecule has 0 bridgehead atoms. The Labute approximate surface area is 164 Å². The summed E-state index contributed by atoms with van der Waals surface area (Å²) >= 11 is 1.63. The zero-order chi connectivity index (χ0) is 19.1. The predicted molar refractivity (Wildman–Crippen MR) is 117 cm³/mol. The minimum atomic E-state index is 0.866. The largest absolute Gasteiger partial charge is 0.393 e. The van der Waals surface area contributed by atoms with Gasteiger partial charge in [-0.2, -0.15) is 0 Å². The molecule has 0 aromatic carbocycles. The number of hydrogen-bond acceptors (Lipinski definition) is 6. The summed E-state index contributed by atoms with van der Waals surface area (Å²) in [5.74, 6) is 0.866. The van der Waals surface area contributed by atoms with Crippen LogP contribution in [0.1, 0.15) is 17.7 Å². The molecule has 0 unspecified atom stereocenters. The molecule has 0 radical (unpaired) electrons. The van der Waals surface area contributed by atoms with E-state index in [1.54, 1.807) is 17.4 Å². The third-order valence-electron chi connectivity index (χ3n) is 4.17. The molecule has 3 heterocycles. The van der Waals surface area contributed by atoms with E-state index in [-0.39, 0.29) is 0 Å². The number of fused-ring (bicyclic) bond motifs is 1. The third-order valence-corrected chi connectivity index (χ3v) is 5.13. The van der Waals surface area contributed by atoms with Crippen molar-refractivity contribution in [2.75, 3.05) is 26.0 Å². The summed E-state index contributed by atoms with van der Waals surface area (Å²) in [4.78, 5) is 10.2. The van der Waals surface area contributed by atoms with E-state index in [1.165, 1.54) is 5.56 Å². The molecule has 3 rings (SSSR count). The highest BCUT2D eigenvalue weighted by Crippen LogP contribution is 2.31. The Morgan fingerprint density at radius 1 is 1.22 bits per heavy atom. The molecule has 0 aliphatic rings. The summed E-state index contributed by atoms with van der Waals surface area (Å²) in [6.07, 6.45) is 7.72. The van der Waals surface area contributed by atoms with Crippen LogP contribution in [0.25, 0.3) is 15.8 Å². The van der Waals surface area contributed by atoms with E-state index in [2.05, 4.69) is 51.8 Å². The van der Waals surface area contributed by atoms with Crippen molar-refractivity contribution in [1.82, 2.24) is 20.6 Å². The van der Waals surface area contributed by atoms with Crippen LogP contribution in [-0.2, 0) is 6.42 Å². The lowest BCUT2D eigenvalue weighted by atomic mass is 10.1. The van der Waals surface area contributed by atoms with Crippen LogP contribution in [0, 0.1) is 0 Å². The standard InChI is InChI=1S/C21H25N5S/c1-4-16(14-23-3)18-8-7-17-13-20(27-21(17)25-18)26-19-12-15(9-11-24-19)6-5-10-22-2/h4,7-9,11-14,22-23H,1,5-6,10H2,2-3H3,(H,24,26)/b16-14+.